The van der Waals surface area contributed by atoms with E-state index in [2.05, 4.69) is 59.3 Å². The van der Waals surface area contributed by atoms with E-state index >= 15 is 0 Å². The standard InChI is InChI=1S/C18H12S2/c1-3-19-17-9-15-8-14-6-12-2-4-20-18(12)10-16(14)7-13(15)5-11(1)17/h1-11,17H. The fourth-order valence-electron chi connectivity index (χ4n) is 3.20. The number of allylic oxidation sites excluding steroid dienone is 1. The Hall–Kier alpha value is -1.51. The van der Waals surface area contributed by atoms with E-state index in [9.17, 15) is 0 Å². The molecule has 0 saturated carbocycles. The maximum Gasteiger partial charge on any atom is 0.0375 e. The fourth-order valence-corrected chi connectivity index (χ4v) is 5.04. The van der Waals surface area contributed by atoms with E-state index in [1.54, 1.807) is 0 Å². The summed E-state index contributed by atoms with van der Waals surface area (Å²) in [5.41, 5.74) is 0. The van der Waals surface area contributed by atoms with Gasteiger partial charge in [-0.25, -0.2) is 0 Å². The van der Waals surface area contributed by atoms with Crippen LogP contribution in [0.1, 0.15) is 0 Å². The van der Waals surface area contributed by atoms with Crippen molar-refractivity contribution in [2.24, 2.45) is 5.92 Å². The Morgan fingerprint density at radius 1 is 0.850 bits per heavy atom. The molecular formula is C18H12S2. The van der Waals surface area contributed by atoms with Crippen LogP contribution in [0.2, 0.25) is 0 Å². The molecule has 2 atom stereocenters. The number of hydrogen-bond acceptors (Lipinski definition) is 2. The van der Waals surface area contributed by atoms with Gasteiger partial charge in [0.15, 0.2) is 0 Å². The molecule has 3 aromatic rings. The highest BCUT2D eigenvalue weighted by Gasteiger charge is 2.21. The van der Waals surface area contributed by atoms with Crippen LogP contribution in [-0.4, -0.2) is 5.25 Å². The minimum atomic E-state index is 0.579. The summed E-state index contributed by atoms with van der Waals surface area (Å²) in [7, 11) is 0. The van der Waals surface area contributed by atoms with Gasteiger partial charge >= 0.3 is 0 Å². The second-order valence-corrected chi connectivity index (χ2v) is 7.52. The number of thiophene rings is 1. The van der Waals surface area contributed by atoms with Gasteiger partial charge in [-0.05, 0) is 67.7 Å². The summed E-state index contributed by atoms with van der Waals surface area (Å²) >= 11 is 3.76. The first-order valence-corrected chi connectivity index (χ1v) is 8.66. The van der Waals surface area contributed by atoms with Gasteiger partial charge in [0.25, 0.3) is 0 Å². The van der Waals surface area contributed by atoms with Crippen molar-refractivity contribution in [2.75, 3.05) is 0 Å². The van der Waals surface area contributed by atoms with Crippen molar-refractivity contribution in [3.05, 3.63) is 57.6 Å². The quantitative estimate of drug-likeness (QED) is 0.606. The second kappa shape index (κ2) is 4.00. The lowest BCUT2D eigenvalue weighted by Crippen LogP contribution is -2.32. The summed E-state index contributed by atoms with van der Waals surface area (Å²) in [5, 5.41) is 11.9. The average Bonchev–Trinajstić information content (AvgIpc) is 3.07. The van der Waals surface area contributed by atoms with Crippen LogP contribution in [0.4, 0.5) is 0 Å². The van der Waals surface area contributed by atoms with E-state index in [1.165, 1.54) is 31.3 Å². The zero-order valence-electron chi connectivity index (χ0n) is 10.7. The van der Waals surface area contributed by atoms with Crippen molar-refractivity contribution in [2.45, 2.75) is 5.25 Å². The minimum Gasteiger partial charge on any atom is -0.144 e. The van der Waals surface area contributed by atoms with E-state index < -0.39 is 0 Å². The van der Waals surface area contributed by atoms with Gasteiger partial charge < -0.3 is 0 Å². The van der Waals surface area contributed by atoms with Gasteiger partial charge in [0.05, 0.1) is 0 Å². The normalized spacial score (nSPS) is 23.4. The molecule has 2 aromatic carbocycles. The third-order valence-corrected chi connectivity index (χ3v) is 6.20. The van der Waals surface area contributed by atoms with Crippen LogP contribution in [-0.2, 0) is 0 Å². The van der Waals surface area contributed by atoms with Gasteiger partial charge in [-0.15, -0.1) is 23.1 Å². The zero-order valence-corrected chi connectivity index (χ0v) is 12.4. The zero-order chi connectivity index (χ0) is 13.1. The lowest BCUT2D eigenvalue weighted by molar-refractivity contribution is 0.929. The fraction of sp³-hybridized carbons (Fsp3) is 0.111. The molecule has 0 N–H and O–H groups in total. The van der Waals surface area contributed by atoms with E-state index in [0.29, 0.717) is 11.2 Å². The van der Waals surface area contributed by atoms with Crippen molar-refractivity contribution in [1.82, 2.24) is 0 Å². The van der Waals surface area contributed by atoms with Crippen LogP contribution >= 0.6 is 23.1 Å². The van der Waals surface area contributed by atoms with E-state index in [4.69, 9.17) is 0 Å². The Kier molecular flexibility index (Phi) is 2.24. The number of thioether (sulfide) groups is 1. The highest BCUT2D eigenvalue weighted by molar-refractivity contribution is 8.03. The third-order valence-electron chi connectivity index (χ3n) is 4.25. The average molecular weight is 292 g/mol. The Morgan fingerprint density at radius 2 is 1.70 bits per heavy atom. The maximum atomic E-state index is 2.43. The van der Waals surface area contributed by atoms with Gasteiger partial charge in [-0.2, -0.15) is 0 Å². The second-order valence-electron chi connectivity index (χ2n) is 5.48. The van der Waals surface area contributed by atoms with Crippen LogP contribution < -0.4 is 10.4 Å². The number of fused-ring (bicyclic) bond motifs is 4. The molecule has 0 nitrogen and oxygen atoms in total. The number of hydrogen-bond donors (Lipinski definition) is 0. The van der Waals surface area contributed by atoms with E-state index in [0.717, 1.165) is 0 Å². The molecule has 0 spiro atoms. The molecule has 1 aromatic heterocycles. The summed E-state index contributed by atoms with van der Waals surface area (Å²) < 4.78 is 1.38. The Balaban J connectivity index is 1.88. The Labute approximate surface area is 125 Å². The smallest absolute Gasteiger partial charge is 0.0375 e. The van der Waals surface area contributed by atoms with Gasteiger partial charge in [-0.3, -0.25) is 0 Å². The topological polar surface area (TPSA) is 0 Å². The molecule has 0 bridgehead atoms. The molecule has 96 valence electrons. The molecule has 2 aliphatic rings. The van der Waals surface area contributed by atoms with Gasteiger partial charge in [0.2, 0.25) is 0 Å². The first-order chi connectivity index (χ1) is 9.87. The number of benzene rings is 2. The molecule has 1 aliphatic heterocycles. The summed E-state index contributed by atoms with van der Waals surface area (Å²) in [5.74, 6) is 0.579. The van der Waals surface area contributed by atoms with Crippen molar-refractivity contribution < 1.29 is 0 Å². The van der Waals surface area contributed by atoms with E-state index in [1.807, 2.05) is 23.1 Å². The SMILES string of the molecule is C1=CC2C=c3cc4cc5sccc5cc4cc3=CC2S1. The maximum absolute atomic E-state index is 2.43. The summed E-state index contributed by atoms with van der Waals surface area (Å²) in [6.07, 6.45) is 7.18. The van der Waals surface area contributed by atoms with E-state index in [-0.39, 0.29) is 0 Å². The lowest BCUT2D eigenvalue weighted by Gasteiger charge is -2.15. The van der Waals surface area contributed by atoms with Crippen LogP contribution in [0.15, 0.2) is 47.2 Å². The monoisotopic (exact) mass is 292 g/mol. The Morgan fingerprint density at radius 3 is 2.65 bits per heavy atom. The molecule has 0 fully saturated rings. The molecule has 0 radical (unpaired) electrons. The molecule has 2 unspecified atom stereocenters. The van der Waals surface area contributed by atoms with Crippen molar-refractivity contribution >= 4 is 56.1 Å². The summed E-state index contributed by atoms with van der Waals surface area (Å²) in [4.78, 5) is 0. The van der Waals surface area contributed by atoms with Crippen LogP contribution in [0.5, 0.6) is 0 Å². The molecule has 1 aliphatic carbocycles. The Bertz CT molecular complexity index is 991. The first kappa shape index (κ1) is 11.2. The van der Waals surface area contributed by atoms with Crippen LogP contribution in [0.3, 0.4) is 0 Å². The largest absolute Gasteiger partial charge is 0.144 e. The van der Waals surface area contributed by atoms with Crippen molar-refractivity contribution in [3.8, 4) is 0 Å². The highest BCUT2D eigenvalue weighted by Crippen LogP contribution is 2.33. The molecular weight excluding hydrogens is 280 g/mol. The number of rotatable bonds is 0. The van der Waals surface area contributed by atoms with Gasteiger partial charge in [0, 0.05) is 15.9 Å². The molecule has 0 amide bonds. The summed E-state index contributed by atoms with van der Waals surface area (Å²) in [6, 6.07) is 11.6. The molecule has 2 heterocycles. The predicted octanol–water partition coefficient (Wildman–Crippen LogP) is 3.87. The van der Waals surface area contributed by atoms with Gasteiger partial charge in [0.1, 0.15) is 0 Å². The first-order valence-electron chi connectivity index (χ1n) is 6.84. The lowest BCUT2D eigenvalue weighted by atomic mass is 9.95. The minimum absolute atomic E-state index is 0.579. The molecule has 20 heavy (non-hydrogen) atoms. The van der Waals surface area contributed by atoms with Crippen molar-refractivity contribution in [3.63, 3.8) is 0 Å². The molecule has 2 heteroatoms. The highest BCUT2D eigenvalue weighted by atomic mass is 32.2. The van der Waals surface area contributed by atoms with Crippen LogP contribution in [0, 0.1) is 5.92 Å². The molecule has 5 rings (SSSR count). The molecule has 0 saturated heterocycles. The van der Waals surface area contributed by atoms with Gasteiger partial charge in [-0.1, -0.05) is 18.2 Å². The predicted molar refractivity (Wildman–Crippen MR) is 91.5 cm³/mol. The van der Waals surface area contributed by atoms with Crippen molar-refractivity contribution in [1.29, 1.82) is 0 Å². The van der Waals surface area contributed by atoms with Crippen LogP contribution in [0.25, 0.3) is 33.0 Å². The summed E-state index contributed by atoms with van der Waals surface area (Å²) in [6.45, 7) is 0. The third kappa shape index (κ3) is 1.55.